The normalized spacial score (nSPS) is 10.7. The third-order valence-corrected chi connectivity index (χ3v) is 3.92. The number of amides is 2. The van der Waals surface area contributed by atoms with Crippen LogP contribution in [0.4, 0.5) is 5.69 Å². The molecule has 0 saturated carbocycles. The SMILES string of the molecule is Cc1ccc(NC(=O)CN(C)C(=O)/C=C/c2csc(C)n2)cc1. The van der Waals surface area contributed by atoms with Gasteiger partial charge < -0.3 is 10.2 Å². The number of aryl methyl sites for hydroxylation is 2. The lowest BCUT2D eigenvalue weighted by Crippen LogP contribution is -2.33. The number of nitrogens with one attached hydrogen (secondary N) is 1. The van der Waals surface area contributed by atoms with Gasteiger partial charge in [0.25, 0.3) is 0 Å². The molecule has 1 aromatic carbocycles. The predicted molar refractivity (Wildman–Crippen MR) is 93.3 cm³/mol. The molecular weight excluding hydrogens is 310 g/mol. The smallest absolute Gasteiger partial charge is 0.246 e. The highest BCUT2D eigenvalue weighted by atomic mass is 32.1. The molecule has 5 nitrogen and oxygen atoms in total. The molecule has 0 fully saturated rings. The summed E-state index contributed by atoms with van der Waals surface area (Å²) in [6.07, 6.45) is 3.08. The quantitative estimate of drug-likeness (QED) is 0.858. The molecule has 1 heterocycles. The van der Waals surface area contributed by atoms with E-state index >= 15 is 0 Å². The van der Waals surface area contributed by atoms with Crippen molar-refractivity contribution >= 4 is 34.9 Å². The molecule has 0 aliphatic rings. The Morgan fingerprint density at radius 2 is 1.96 bits per heavy atom. The van der Waals surface area contributed by atoms with Crippen molar-refractivity contribution in [1.29, 1.82) is 0 Å². The van der Waals surface area contributed by atoms with Crippen LogP contribution < -0.4 is 5.32 Å². The maximum atomic E-state index is 12.0. The average Bonchev–Trinajstić information content (AvgIpc) is 2.92. The van der Waals surface area contributed by atoms with Gasteiger partial charge >= 0.3 is 0 Å². The highest BCUT2D eigenvalue weighted by molar-refractivity contribution is 7.09. The summed E-state index contributed by atoms with van der Waals surface area (Å²) in [7, 11) is 1.59. The van der Waals surface area contributed by atoms with Crippen LogP contribution in [0.5, 0.6) is 0 Å². The zero-order chi connectivity index (χ0) is 16.8. The van der Waals surface area contributed by atoms with E-state index in [-0.39, 0.29) is 18.4 Å². The summed E-state index contributed by atoms with van der Waals surface area (Å²) >= 11 is 1.53. The van der Waals surface area contributed by atoms with E-state index in [4.69, 9.17) is 0 Å². The van der Waals surface area contributed by atoms with E-state index in [0.717, 1.165) is 22.0 Å². The Labute approximate surface area is 139 Å². The van der Waals surface area contributed by atoms with Gasteiger partial charge in [0.1, 0.15) is 0 Å². The number of likely N-dealkylation sites (N-methyl/N-ethyl adjacent to an activating group) is 1. The number of carbonyl (C=O) groups excluding carboxylic acids is 2. The Hall–Kier alpha value is -2.47. The van der Waals surface area contributed by atoms with Crippen LogP contribution in [0.3, 0.4) is 0 Å². The monoisotopic (exact) mass is 329 g/mol. The number of nitrogens with zero attached hydrogens (tertiary/aromatic N) is 2. The van der Waals surface area contributed by atoms with Crippen LogP contribution in [0.15, 0.2) is 35.7 Å². The molecule has 0 bridgehead atoms. The van der Waals surface area contributed by atoms with Crippen molar-refractivity contribution in [3.05, 3.63) is 52.0 Å². The van der Waals surface area contributed by atoms with E-state index in [9.17, 15) is 9.59 Å². The van der Waals surface area contributed by atoms with Gasteiger partial charge in [-0.3, -0.25) is 9.59 Å². The van der Waals surface area contributed by atoms with Crippen LogP contribution in [-0.4, -0.2) is 35.3 Å². The highest BCUT2D eigenvalue weighted by Crippen LogP contribution is 2.10. The number of aromatic nitrogens is 1. The Balaban J connectivity index is 1.86. The Morgan fingerprint density at radius 3 is 2.57 bits per heavy atom. The zero-order valence-corrected chi connectivity index (χ0v) is 14.2. The Kier molecular flexibility index (Phi) is 5.65. The van der Waals surface area contributed by atoms with Gasteiger partial charge in [0, 0.05) is 24.2 Å². The molecule has 2 rings (SSSR count). The fourth-order valence-corrected chi connectivity index (χ4v) is 2.45. The third-order valence-electron chi connectivity index (χ3n) is 3.13. The number of hydrogen-bond acceptors (Lipinski definition) is 4. The summed E-state index contributed by atoms with van der Waals surface area (Å²) in [5.74, 6) is -0.475. The first-order valence-electron chi connectivity index (χ1n) is 7.16. The first kappa shape index (κ1) is 16.9. The van der Waals surface area contributed by atoms with Gasteiger partial charge in [-0.2, -0.15) is 0 Å². The van der Waals surface area contributed by atoms with Gasteiger partial charge in [0.2, 0.25) is 11.8 Å². The molecule has 2 aromatic rings. The molecule has 0 atom stereocenters. The fraction of sp³-hybridized carbons (Fsp3) is 0.235. The second kappa shape index (κ2) is 7.69. The number of anilines is 1. The van der Waals surface area contributed by atoms with E-state index in [0.29, 0.717) is 0 Å². The molecule has 6 heteroatoms. The van der Waals surface area contributed by atoms with Gasteiger partial charge in [0.15, 0.2) is 0 Å². The first-order valence-corrected chi connectivity index (χ1v) is 8.04. The van der Waals surface area contributed by atoms with Crippen molar-refractivity contribution in [3.63, 3.8) is 0 Å². The fourth-order valence-electron chi connectivity index (χ4n) is 1.87. The van der Waals surface area contributed by atoms with E-state index in [1.165, 1.54) is 22.3 Å². The minimum absolute atomic E-state index is 0.00680. The number of rotatable bonds is 5. The van der Waals surface area contributed by atoms with Gasteiger partial charge in [-0.05, 0) is 32.1 Å². The lowest BCUT2D eigenvalue weighted by atomic mass is 10.2. The first-order chi connectivity index (χ1) is 10.9. The van der Waals surface area contributed by atoms with Gasteiger partial charge in [0.05, 0.1) is 17.2 Å². The van der Waals surface area contributed by atoms with Crippen molar-refractivity contribution in [3.8, 4) is 0 Å². The van der Waals surface area contributed by atoms with Crippen molar-refractivity contribution in [2.24, 2.45) is 0 Å². The third kappa shape index (κ3) is 5.34. The molecule has 120 valence electrons. The molecule has 2 amide bonds. The Morgan fingerprint density at radius 1 is 1.26 bits per heavy atom. The number of hydrogen-bond donors (Lipinski definition) is 1. The molecule has 0 aliphatic carbocycles. The van der Waals surface area contributed by atoms with Crippen molar-refractivity contribution in [2.75, 3.05) is 18.9 Å². The maximum absolute atomic E-state index is 12.0. The summed E-state index contributed by atoms with van der Waals surface area (Å²) in [6, 6.07) is 7.51. The number of thiazole rings is 1. The summed E-state index contributed by atoms with van der Waals surface area (Å²) in [5.41, 5.74) is 2.59. The van der Waals surface area contributed by atoms with E-state index < -0.39 is 0 Å². The van der Waals surface area contributed by atoms with Crippen molar-refractivity contribution in [1.82, 2.24) is 9.88 Å². The molecule has 0 radical (unpaired) electrons. The van der Waals surface area contributed by atoms with Gasteiger partial charge in [-0.1, -0.05) is 17.7 Å². The highest BCUT2D eigenvalue weighted by Gasteiger charge is 2.10. The lowest BCUT2D eigenvalue weighted by molar-refractivity contribution is -0.129. The second-order valence-electron chi connectivity index (χ2n) is 5.23. The zero-order valence-electron chi connectivity index (χ0n) is 13.4. The topological polar surface area (TPSA) is 62.3 Å². The van der Waals surface area contributed by atoms with E-state index in [1.807, 2.05) is 43.5 Å². The molecular formula is C17H19N3O2S. The molecule has 1 N–H and O–H groups in total. The van der Waals surface area contributed by atoms with Crippen LogP contribution in [0.25, 0.3) is 6.08 Å². The van der Waals surface area contributed by atoms with Crippen LogP contribution in [0, 0.1) is 13.8 Å². The van der Waals surface area contributed by atoms with Crippen LogP contribution in [-0.2, 0) is 9.59 Å². The minimum atomic E-state index is -0.241. The second-order valence-corrected chi connectivity index (χ2v) is 6.30. The average molecular weight is 329 g/mol. The largest absolute Gasteiger partial charge is 0.333 e. The molecule has 0 unspecified atom stereocenters. The summed E-state index contributed by atoms with van der Waals surface area (Å²) in [4.78, 5) is 29.5. The summed E-state index contributed by atoms with van der Waals surface area (Å²) < 4.78 is 0. The van der Waals surface area contributed by atoms with Gasteiger partial charge in [-0.15, -0.1) is 11.3 Å². The minimum Gasteiger partial charge on any atom is -0.333 e. The number of benzene rings is 1. The van der Waals surface area contributed by atoms with E-state index in [1.54, 1.807) is 13.1 Å². The molecule has 1 aromatic heterocycles. The standard InChI is InChI=1S/C17H19N3O2S/c1-12-4-6-14(7-5-12)19-16(21)10-20(3)17(22)9-8-15-11-23-13(2)18-15/h4-9,11H,10H2,1-3H3,(H,19,21)/b9-8+. The summed E-state index contributed by atoms with van der Waals surface area (Å²) in [5, 5.41) is 5.59. The van der Waals surface area contributed by atoms with Crippen LogP contribution in [0.1, 0.15) is 16.3 Å². The molecule has 0 spiro atoms. The van der Waals surface area contributed by atoms with E-state index in [2.05, 4.69) is 10.3 Å². The van der Waals surface area contributed by atoms with Gasteiger partial charge in [-0.25, -0.2) is 4.98 Å². The molecule has 0 aliphatic heterocycles. The Bertz CT molecular complexity index is 720. The molecule has 23 heavy (non-hydrogen) atoms. The summed E-state index contributed by atoms with van der Waals surface area (Å²) in [6.45, 7) is 3.88. The van der Waals surface area contributed by atoms with Crippen molar-refractivity contribution < 1.29 is 9.59 Å². The van der Waals surface area contributed by atoms with Crippen molar-refractivity contribution in [2.45, 2.75) is 13.8 Å². The van der Waals surface area contributed by atoms with Crippen LogP contribution in [0.2, 0.25) is 0 Å². The lowest BCUT2D eigenvalue weighted by Gasteiger charge is -2.14. The predicted octanol–water partition coefficient (Wildman–Crippen LogP) is 2.87. The maximum Gasteiger partial charge on any atom is 0.246 e. The van der Waals surface area contributed by atoms with Crippen LogP contribution >= 0.6 is 11.3 Å². The number of carbonyl (C=O) groups is 2. The molecule has 0 saturated heterocycles.